The van der Waals surface area contributed by atoms with E-state index >= 15 is 0 Å². The molecule has 0 saturated heterocycles. The minimum Gasteiger partial charge on any atom is -0.490 e. The molecule has 27 heavy (non-hydrogen) atoms. The van der Waals surface area contributed by atoms with Gasteiger partial charge in [-0.15, -0.1) is 24.0 Å². The third-order valence-electron chi connectivity index (χ3n) is 4.66. The van der Waals surface area contributed by atoms with Gasteiger partial charge in [-0.05, 0) is 31.4 Å². The Balaban J connectivity index is 0.00000261. The van der Waals surface area contributed by atoms with Gasteiger partial charge in [-0.2, -0.15) is 0 Å². The van der Waals surface area contributed by atoms with E-state index in [9.17, 15) is 4.79 Å². The minimum absolute atomic E-state index is 0. The molecule has 7 nitrogen and oxygen atoms in total. The van der Waals surface area contributed by atoms with E-state index in [1.165, 1.54) is 6.42 Å². The molecule has 1 heterocycles. The predicted octanol–water partition coefficient (Wildman–Crippen LogP) is 2.76. The van der Waals surface area contributed by atoms with Gasteiger partial charge in [0.05, 0.1) is 13.2 Å². The van der Waals surface area contributed by atoms with Crippen LogP contribution in [-0.2, 0) is 4.79 Å². The van der Waals surface area contributed by atoms with Crippen molar-refractivity contribution in [3.05, 3.63) is 18.2 Å². The first-order valence-corrected chi connectivity index (χ1v) is 9.41. The lowest BCUT2D eigenvalue weighted by molar-refractivity contribution is -0.127. The topological polar surface area (TPSA) is 84.0 Å². The highest BCUT2D eigenvalue weighted by Crippen LogP contribution is 2.32. The zero-order chi connectivity index (χ0) is 18.2. The number of aliphatic imine (C=N–C) groups is 1. The molecule has 2 aliphatic rings. The van der Waals surface area contributed by atoms with E-state index in [0.717, 1.165) is 49.4 Å². The second kappa shape index (κ2) is 11.2. The maximum Gasteiger partial charge on any atom is 0.223 e. The van der Waals surface area contributed by atoms with Gasteiger partial charge >= 0.3 is 0 Å². The molecule has 0 unspecified atom stereocenters. The summed E-state index contributed by atoms with van der Waals surface area (Å²) in [6.07, 6.45) is 4.99. The molecule has 8 heteroatoms. The van der Waals surface area contributed by atoms with Crippen LogP contribution in [0.15, 0.2) is 23.2 Å². The number of rotatable bonds is 6. The van der Waals surface area contributed by atoms with Gasteiger partial charge in [0.15, 0.2) is 17.5 Å². The quantitative estimate of drug-likeness (QED) is 0.248. The molecule has 0 spiro atoms. The van der Waals surface area contributed by atoms with Gasteiger partial charge in [-0.25, -0.2) is 0 Å². The summed E-state index contributed by atoms with van der Waals surface area (Å²) in [5.74, 6) is 2.66. The summed E-state index contributed by atoms with van der Waals surface area (Å²) < 4.78 is 11.3. The lowest BCUT2D eigenvalue weighted by Gasteiger charge is -2.24. The Labute approximate surface area is 177 Å². The summed E-state index contributed by atoms with van der Waals surface area (Å²) in [6, 6.07) is 5.78. The number of hydrogen-bond acceptors (Lipinski definition) is 4. The number of nitrogens with one attached hydrogen (secondary N) is 3. The average molecular weight is 488 g/mol. The molecule has 0 radical (unpaired) electrons. The van der Waals surface area contributed by atoms with Crippen molar-refractivity contribution in [1.29, 1.82) is 0 Å². The molecule has 1 amide bonds. The van der Waals surface area contributed by atoms with Crippen molar-refractivity contribution < 1.29 is 14.3 Å². The average Bonchev–Trinajstić information content (AvgIpc) is 2.83. The Bertz CT molecular complexity index is 650. The number of carbonyl (C=O) groups excluding carboxylic acids is 1. The molecule has 0 atom stereocenters. The van der Waals surface area contributed by atoms with Crippen LogP contribution in [0.4, 0.5) is 5.69 Å². The summed E-state index contributed by atoms with van der Waals surface area (Å²) in [5, 5.41) is 9.50. The zero-order valence-electron chi connectivity index (χ0n) is 15.8. The van der Waals surface area contributed by atoms with Crippen LogP contribution in [0, 0.1) is 5.92 Å². The van der Waals surface area contributed by atoms with Crippen molar-refractivity contribution in [2.24, 2.45) is 10.9 Å². The molecule has 1 aromatic carbocycles. The fourth-order valence-corrected chi connectivity index (χ4v) is 2.88. The molecule has 1 aliphatic heterocycles. The summed E-state index contributed by atoms with van der Waals surface area (Å²) in [5.41, 5.74) is 0.889. The van der Waals surface area contributed by atoms with Crippen LogP contribution in [-0.4, -0.2) is 45.2 Å². The highest BCUT2D eigenvalue weighted by atomic mass is 127. The smallest absolute Gasteiger partial charge is 0.223 e. The maximum atomic E-state index is 11.8. The van der Waals surface area contributed by atoms with Crippen LogP contribution in [0.2, 0.25) is 0 Å². The molecule has 1 aliphatic carbocycles. The van der Waals surface area contributed by atoms with E-state index in [1.807, 2.05) is 18.2 Å². The molecule has 150 valence electrons. The Kier molecular flexibility index (Phi) is 8.96. The zero-order valence-corrected chi connectivity index (χ0v) is 18.1. The van der Waals surface area contributed by atoms with Crippen LogP contribution >= 0.6 is 24.0 Å². The molecule has 0 aromatic heterocycles. The molecule has 3 N–H and O–H groups in total. The second-order valence-corrected chi connectivity index (χ2v) is 6.61. The number of fused-ring (bicyclic) bond motifs is 1. The third kappa shape index (κ3) is 6.44. The number of guanidine groups is 1. The highest BCUT2D eigenvalue weighted by Gasteiger charge is 2.24. The van der Waals surface area contributed by atoms with Gasteiger partial charge < -0.3 is 25.4 Å². The third-order valence-corrected chi connectivity index (χ3v) is 4.66. The van der Waals surface area contributed by atoms with E-state index in [2.05, 4.69) is 20.9 Å². The fourth-order valence-electron chi connectivity index (χ4n) is 2.88. The van der Waals surface area contributed by atoms with Crippen LogP contribution in [0.25, 0.3) is 0 Å². The molecule has 1 aromatic rings. The normalized spacial score (nSPS) is 16.4. The van der Waals surface area contributed by atoms with E-state index in [4.69, 9.17) is 9.47 Å². The van der Waals surface area contributed by atoms with Gasteiger partial charge in [0, 0.05) is 44.2 Å². The van der Waals surface area contributed by atoms with Gasteiger partial charge in [-0.3, -0.25) is 9.79 Å². The number of carbonyl (C=O) groups is 1. The predicted molar refractivity (Wildman–Crippen MR) is 117 cm³/mol. The Morgan fingerprint density at radius 2 is 1.85 bits per heavy atom. The Morgan fingerprint density at radius 3 is 2.56 bits per heavy atom. The SMILES string of the molecule is CN=C(NCCCNC(=O)C1CCC1)Nc1ccc2c(c1)OCCCO2.I. The molecular formula is C19H29IN4O3. The number of halogens is 1. The number of benzene rings is 1. The van der Waals surface area contributed by atoms with Crippen molar-refractivity contribution in [3.8, 4) is 11.5 Å². The van der Waals surface area contributed by atoms with Crippen LogP contribution in [0.3, 0.4) is 0 Å². The van der Waals surface area contributed by atoms with Crippen molar-refractivity contribution in [3.63, 3.8) is 0 Å². The first-order valence-electron chi connectivity index (χ1n) is 9.41. The summed E-state index contributed by atoms with van der Waals surface area (Å²) in [6.45, 7) is 2.76. The first-order chi connectivity index (χ1) is 12.8. The largest absolute Gasteiger partial charge is 0.490 e. The monoisotopic (exact) mass is 488 g/mol. The standard InChI is InChI=1S/C19H28N4O3.HI/c1-20-19(22-10-3-9-21-18(24)14-5-2-6-14)23-15-7-8-16-17(13-15)26-12-4-11-25-16;/h7-8,13-14H,2-6,9-12H2,1H3,(H,21,24)(H2,20,22,23);1H. The van der Waals surface area contributed by atoms with E-state index in [-0.39, 0.29) is 35.8 Å². The molecule has 3 rings (SSSR count). The highest BCUT2D eigenvalue weighted by molar-refractivity contribution is 14.0. The number of anilines is 1. The summed E-state index contributed by atoms with van der Waals surface area (Å²) >= 11 is 0. The molecule has 1 saturated carbocycles. The maximum absolute atomic E-state index is 11.8. The van der Waals surface area contributed by atoms with Gasteiger partial charge in [0.1, 0.15) is 0 Å². The molecule has 0 bridgehead atoms. The Morgan fingerprint density at radius 1 is 1.11 bits per heavy atom. The van der Waals surface area contributed by atoms with Crippen molar-refractivity contribution in [2.75, 3.05) is 38.7 Å². The lowest BCUT2D eigenvalue weighted by atomic mass is 9.85. The van der Waals surface area contributed by atoms with Crippen LogP contribution in [0.5, 0.6) is 11.5 Å². The number of amides is 1. The second-order valence-electron chi connectivity index (χ2n) is 6.61. The lowest BCUT2D eigenvalue weighted by Crippen LogP contribution is -2.37. The van der Waals surface area contributed by atoms with Crippen LogP contribution < -0.4 is 25.4 Å². The van der Waals surface area contributed by atoms with Gasteiger partial charge in [0.25, 0.3) is 0 Å². The van der Waals surface area contributed by atoms with Crippen molar-refractivity contribution >= 4 is 41.5 Å². The van der Waals surface area contributed by atoms with Crippen molar-refractivity contribution in [2.45, 2.75) is 32.1 Å². The van der Waals surface area contributed by atoms with Gasteiger partial charge in [0.2, 0.25) is 5.91 Å². The van der Waals surface area contributed by atoms with Crippen molar-refractivity contribution in [1.82, 2.24) is 10.6 Å². The fraction of sp³-hybridized carbons (Fsp3) is 0.579. The molecular weight excluding hydrogens is 459 g/mol. The summed E-state index contributed by atoms with van der Waals surface area (Å²) in [7, 11) is 1.73. The first kappa shape index (κ1) is 21.6. The van der Waals surface area contributed by atoms with Gasteiger partial charge in [-0.1, -0.05) is 6.42 Å². The van der Waals surface area contributed by atoms with E-state index < -0.39 is 0 Å². The summed E-state index contributed by atoms with van der Waals surface area (Å²) in [4.78, 5) is 16.0. The number of hydrogen-bond donors (Lipinski definition) is 3. The Hall–Kier alpha value is -1.71. The molecule has 1 fully saturated rings. The van der Waals surface area contributed by atoms with E-state index in [0.29, 0.717) is 25.7 Å². The number of ether oxygens (including phenoxy) is 2. The minimum atomic E-state index is 0. The van der Waals surface area contributed by atoms with E-state index in [1.54, 1.807) is 7.05 Å². The van der Waals surface area contributed by atoms with Crippen LogP contribution in [0.1, 0.15) is 32.1 Å². The number of nitrogens with zero attached hydrogens (tertiary/aromatic N) is 1.